The Morgan fingerprint density at radius 1 is 0.467 bits per heavy atom. The van der Waals surface area contributed by atoms with Crippen molar-refractivity contribution in [2.24, 2.45) is 0 Å². The quantitative estimate of drug-likeness (QED) is 0.112. The molecule has 0 amide bonds. The third-order valence-electron chi connectivity index (χ3n) is 7.78. The van der Waals surface area contributed by atoms with Gasteiger partial charge in [0.2, 0.25) is 0 Å². The molecular weight excluding hydrogens is 572 g/mol. The second-order valence-corrected chi connectivity index (χ2v) is 11.2. The van der Waals surface area contributed by atoms with E-state index < -0.39 is 0 Å². The number of aliphatic hydroxyl groups excluding tert-OH is 2. The van der Waals surface area contributed by atoms with Crippen LogP contribution in [0.1, 0.15) is 69.5 Å². The van der Waals surface area contributed by atoms with E-state index in [2.05, 4.69) is 0 Å². The summed E-state index contributed by atoms with van der Waals surface area (Å²) in [4.78, 5) is 0. The highest BCUT2D eigenvalue weighted by molar-refractivity contribution is 5.70. The number of ether oxygens (including phenoxy) is 2. The van der Waals surface area contributed by atoms with E-state index in [9.17, 15) is 30.6 Å². The number of aliphatic hydroxyl groups is 2. The first-order valence-corrected chi connectivity index (χ1v) is 15.0. The van der Waals surface area contributed by atoms with Crippen LogP contribution in [0.4, 0.5) is 0 Å². The van der Waals surface area contributed by atoms with Gasteiger partial charge in [0, 0.05) is 42.9 Å². The molecule has 0 atom stereocenters. The van der Waals surface area contributed by atoms with E-state index >= 15 is 0 Å². The highest BCUT2D eigenvalue weighted by Gasteiger charge is 2.15. The first kappa shape index (κ1) is 35.4. The van der Waals surface area contributed by atoms with Gasteiger partial charge in [-0.25, -0.2) is 0 Å². The molecule has 0 aliphatic rings. The number of benzene rings is 4. The van der Waals surface area contributed by atoms with Gasteiger partial charge in [-0.15, -0.1) is 0 Å². The number of aromatic hydroxyl groups is 4. The Morgan fingerprint density at radius 3 is 1.11 bits per heavy atom. The van der Waals surface area contributed by atoms with Crippen LogP contribution >= 0.6 is 0 Å². The van der Waals surface area contributed by atoms with Crippen LogP contribution in [0.5, 0.6) is 23.0 Å². The Labute approximate surface area is 265 Å². The molecule has 242 valence electrons. The molecule has 0 bridgehead atoms. The number of rotatable bonds is 11. The van der Waals surface area contributed by atoms with E-state index in [4.69, 9.17) is 9.47 Å². The number of methoxy groups -OCH3 is 2. The lowest BCUT2D eigenvalue weighted by atomic mass is 9.94. The molecular formula is C37H46O8. The molecule has 0 radical (unpaired) electrons. The Bertz CT molecular complexity index is 1500. The summed E-state index contributed by atoms with van der Waals surface area (Å²) in [6.07, 6.45) is 1.86. The van der Waals surface area contributed by atoms with Crippen molar-refractivity contribution in [3.63, 3.8) is 0 Å². The molecule has 8 nitrogen and oxygen atoms in total. The van der Waals surface area contributed by atoms with Gasteiger partial charge >= 0.3 is 0 Å². The topological polar surface area (TPSA) is 140 Å². The van der Waals surface area contributed by atoms with Crippen LogP contribution in [0, 0.1) is 13.8 Å². The lowest BCUT2D eigenvalue weighted by Gasteiger charge is -2.15. The van der Waals surface area contributed by atoms with Crippen molar-refractivity contribution in [1.29, 1.82) is 0 Å². The van der Waals surface area contributed by atoms with Crippen molar-refractivity contribution in [3.8, 4) is 34.1 Å². The van der Waals surface area contributed by atoms with E-state index in [0.717, 1.165) is 57.3 Å². The highest BCUT2D eigenvalue weighted by atomic mass is 16.5. The Hall–Kier alpha value is -4.08. The molecule has 0 saturated heterocycles. The molecule has 0 aromatic heterocycles. The summed E-state index contributed by atoms with van der Waals surface area (Å²) in [5, 5.41) is 59.6. The van der Waals surface area contributed by atoms with Crippen molar-refractivity contribution in [1.82, 2.24) is 0 Å². The third-order valence-corrected chi connectivity index (χ3v) is 7.78. The number of aryl methyl sites for hydroxylation is 4. The average Bonchev–Trinajstić information content (AvgIpc) is 3.02. The zero-order valence-corrected chi connectivity index (χ0v) is 27.1. The standard InChI is InChI=1S/C20H26O4.C17H20O4/c1-5-13-7-15(8-14(6-2)19(13)21)16-9-17(11-23-3)20(22)18(10-16)12-24-4;1-10-3-12(16(20)14(5-10)8-18)7-13-4-11(2)6-15(9-19)17(13)21/h7-10,21-22H,5-6,11-12H2,1-4H3;3-6,18-21H,7-9H2,1-2H3. The molecule has 0 aliphatic heterocycles. The van der Waals surface area contributed by atoms with E-state index in [1.54, 1.807) is 26.4 Å². The van der Waals surface area contributed by atoms with Gasteiger partial charge in [-0.1, -0.05) is 49.2 Å². The summed E-state index contributed by atoms with van der Waals surface area (Å²) in [5.41, 5.74) is 9.41. The van der Waals surface area contributed by atoms with Gasteiger partial charge in [-0.3, -0.25) is 0 Å². The summed E-state index contributed by atoms with van der Waals surface area (Å²) in [6.45, 7) is 8.02. The van der Waals surface area contributed by atoms with Crippen molar-refractivity contribution >= 4 is 0 Å². The fourth-order valence-corrected chi connectivity index (χ4v) is 5.51. The summed E-state index contributed by atoms with van der Waals surface area (Å²) >= 11 is 0. The van der Waals surface area contributed by atoms with Crippen LogP contribution < -0.4 is 0 Å². The highest BCUT2D eigenvalue weighted by Crippen LogP contribution is 2.36. The number of hydrogen-bond donors (Lipinski definition) is 6. The van der Waals surface area contributed by atoms with Gasteiger partial charge in [0.25, 0.3) is 0 Å². The Kier molecular flexibility index (Phi) is 12.8. The van der Waals surface area contributed by atoms with Crippen LogP contribution in [0.3, 0.4) is 0 Å². The largest absolute Gasteiger partial charge is 0.507 e. The van der Waals surface area contributed by atoms with E-state index in [1.165, 1.54) is 0 Å². The fourth-order valence-electron chi connectivity index (χ4n) is 5.51. The van der Waals surface area contributed by atoms with Crippen molar-refractivity contribution in [2.75, 3.05) is 14.2 Å². The maximum atomic E-state index is 10.4. The van der Waals surface area contributed by atoms with Crippen LogP contribution in [0.2, 0.25) is 0 Å². The molecule has 0 spiro atoms. The summed E-state index contributed by atoms with van der Waals surface area (Å²) < 4.78 is 10.4. The zero-order valence-electron chi connectivity index (χ0n) is 27.1. The molecule has 6 N–H and O–H groups in total. The van der Waals surface area contributed by atoms with Crippen LogP contribution in [-0.2, 0) is 55.2 Å². The molecule has 4 rings (SSSR count). The fraction of sp³-hybridized carbons (Fsp3) is 0.351. The molecule has 4 aromatic rings. The SMILES string of the molecule is CCc1cc(-c2cc(COC)c(O)c(COC)c2)cc(CC)c1O.Cc1cc(CO)c(O)c(Cc2cc(C)cc(CO)c2O)c1. The summed E-state index contributed by atoms with van der Waals surface area (Å²) in [6, 6.07) is 15.0. The molecule has 0 saturated carbocycles. The van der Waals surface area contributed by atoms with Gasteiger partial charge in [0.05, 0.1) is 26.4 Å². The Morgan fingerprint density at radius 2 is 0.778 bits per heavy atom. The monoisotopic (exact) mass is 618 g/mol. The molecule has 8 heteroatoms. The number of phenolic OH excluding ortho intramolecular Hbond substituents is 2. The van der Waals surface area contributed by atoms with Crippen molar-refractivity contribution in [3.05, 3.63) is 104 Å². The molecule has 4 aromatic carbocycles. The molecule has 0 fully saturated rings. The second-order valence-electron chi connectivity index (χ2n) is 11.2. The first-order chi connectivity index (χ1) is 21.5. The van der Waals surface area contributed by atoms with Crippen molar-refractivity contribution < 1.29 is 40.1 Å². The van der Waals surface area contributed by atoms with Crippen molar-refractivity contribution in [2.45, 2.75) is 73.4 Å². The van der Waals surface area contributed by atoms with Crippen LogP contribution in [0.25, 0.3) is 11.1 Å². The normalized spacial score (nSPS) is 10.9. The van der Waals surface area contributed by atoms with Crippen LogP contribution in [0.15, 0.2) is 48.5 Å². The third kappa shape index (κ3) is 8.55. The number of hydrogen-bond acceptors (Lipinski definition) is 8. The van der Waals surface area contributed by atoms with Gasteiger partial charge in [0.1, 0.15) is 23.0 Å². The predicted octanol–water partition coefficient (Wildman–Crippen LogP) is 6.47. The lowest BCUT2D eigenvalue weighted by molar-refractivity contribution is 0.174. The van der Waals surface area contributed by atoms with E-state index in [-0.39, 0.29) is 30.5 Å². The zero-order chi connectivity index (χ0) is 33.3. The van der Waals surface area contributed by atoms with E-state index in [1.807, 2.05) is 64.1 Å². The molecule has 0 unspecified atom stereocenters. The van der Waals surface area contributed by atoms with Gasteiger partial charge in [-0.2, -0.15) is 0 Å². The van der Waals surface area contributed by atoms with Gasteiger partial charge in [0.15, 0.2) is 0 Å². The lowest BCUT2D eigenvalue weighted by Crippen LogP contribution is -1.98. The predicted molar refractivity (Wildman–Crippen MR) is 176 cm³/mol. The second kappa shape index (κ2) is 16.3. The van der Waals surface area contributed by atoms with Gasteiger partial charge in [-0.05, 0) is 84.3 Å². The maximum absolute atomic E-state index is 10.4. The minimum absolute atomic E-state index is 0.0505. The van der Waals surface area contributed by atoms with Gasteiger partial charge < -0.3 is 40.1 Å². The average molecular weight is 619 g/mol. The maximum Gasteiger partial charge on any atom is 0.126 e. The summed E-state index contributed by atoms with van der Waals surface area (Å²) in [5.74, 6) is 0.702. The summed E-state index contributed by atoms with van der Waals surface area (Å²) in [7, 11) is 3.21. The smallest absolute Gasteiger partial charge is 0.126 e. The number of phenols is 4. The minimum Gasteiger partial charge on any atom is -0.507 e. The molecule has 45 heavy (non-hydrogen) atoms. The minimum atomic E-state index is -0.234. The van der Waals surface area contributed by atoms with E-state index in [0.29, 0.717) is 47.6 Å². The molecule has 0 heterocycles. The Balaban J connectivity index is 0.000000248. The van der Waals surface area contributed by atoms with Crippen LogP contribution in [-0.4, -0.2) is 44.9 Å². The first-order valence-electron chi connectivity index (χ1n) is 15.0. The molecule has 0 aliphatic carbocycles.